The highest BCUT2D eigenvalue weighted by Gasteiger charge is 2.53. The number of ether oxygens (including phenoxy) is 9. The molecule has 4 fully saturated rings. The number of phenols is 3. The van der Waals surface area contributed by atoms with E-state index < -0.39 is 310 Å². The number of thiocarbonyl (C=S) groups is 1. The quantitative estimate of drug-likeness (QED) is 0.0415. The highest BCUT2D eigenvalue weighted by molar-refractivity contribution is 7.80. The highest BCUT2D eigenvalue weighted by atomic mass is 35.5. The van der Waals surface area contributed by atoms with Crippen LogP contribution in [-0.2, 0) is 66.8 Å². The van der Waals surface area contributed by atoms with Crippen molar-refractivity contribution in [3.8, 4) is 57.1 Å². The molecule has 14 rings (SSSR count). The molecule has 27 N–H and O–H groups in total. The number of rotatable bonds is 17. The molecule has 0 aliphatic carbocycles. The van der Waals surface area contributed by atoms with Crippen LogP contribution in [0.4, 0.5) is 0 Å². The van der Waals surface area contributed by atoms with Gasteiger partial charge < -0.3 is 173 Å². The maximum atomic E-state index is 16.5. The molecule has 0 aromatic heterocycles. The largest absolute Gasteiger partial charge is 0.508 e. The van der Waals surface area contributed by atoms with Crippen LogP contribution in [0.3, 0.4) is 0 Å². The van der Waals surface area contributed by atoms with Crippen LogP contribution in [0.5, 0.6) is 46.0 Å². The summed E-state index contributed by atoms with van der Waals surface area (Å²) in [4.78, 5) is 123. The first kappa shape index (κ1) is 93.1. The van der Waals surface area contributed by atoms with E-state index in [0.717, 1.165) is 65.6 Å². The molecule has 4 saturated heterocycles. The molecule has 9 heterocycles. The first-order valence-corrected chi connectivity index (χ1v) is 40.2. The van der Waals surface area contributed by atoms with Gasteiger partial charge in [-0.15, -0.1) is 0 Å². The van der Waals surface area contributed by atoms with Crippen LogP contribution in [0.25, 0.3) is 11.1 Å². The Morgan fingerprint density at radius 3 is 1.82 bits per heavy atom. The van der Waals surface area contributed by atoms with Crippen LogP contribution in [0.2, 0.25) is 5.02 Å². The Morgan fingerprint density at radius 1 is 0.637 bits per heavy atom. The number of primary amides is 1. The monoisotopic (exact) mass is 1780 g/mol. The SMILES string of the molecule is CC(C)C[C@H](C(=O)N[C@H]1C(=O)N[C@@H](CC(N)=O)C(=O)NC2C(=O)N[C@H]3C(=O)N[C@H](C(=O)N[C@H](C(=O)O)c4cc(O)cc(O)c4-c4cc3ccc4O)[C@H](O[C@H]3C[C@](C)(N)[C@@H](O)[C@H](C)O3)c3ccc(cc3)Oc3cc2cc(c3O[C@@H]2O[C@H](CO)[C@@H](O)[C@H](O)[C@H]2O[C@H]2C[C@](C)(N)[C@@H](O)[C@H](C)O2)Oc2ccc(cc2Cl)[C@H]1O)N(C)C(=S)N[C@H]1O[C@H](CO)[C@@H](O)[C@H](O)[C@H]1O. The molecule has 124 heavy (non-hydrogen) atoms. The number of benzene rings is 5. The molecule has 5 aromatic carbocycles. The highest BCUT2D eigenvalue weighted by Crippen LogP contribution is 2.50. The van der Waals surface area contributed by atoms with Gasteiger partial charge in [0.1, 0.15) is 120 Å². The number of aliphatic carboxylic acids is 1. The van der Waals surface area contributed by atoms with Gasteiger partial charge in [-0.3, -0.25) is 33.6 Å². The molecule has 674 valence electrons. The number of nitrogens with one attached hydrogen (secondary N) is 7. The number of hydrogen-bond acceptors (Lipinski definition) is 33. The zero-order chi connectivity index (χ0) is 90.5. The van der Waals surface area contributed by atoms with Crippen LogP contribution in [0, 0.1) is 5.92 Å². The summed E-state index contributed by atoms with van der Waals surface area (Å²) in [7, 11) is 1.31. The van der Waals surface area contributed by atoms with Crippen LogP contribution in [-0.4, -0.2) is 283 Å². The second-order valence-corrected chi connectivity index (χ2v) is 33.4. The zero-order valence-corrected chi connectivity index (χ0v) is 69.1. The summed E-state index contributed by atoms with van der Waals surface area (Å²) >= 11 is 12.9. The second-order valence-electron chi connectivity index (χ2n) is 32.6. The van der Waals surface area contributed by atoms with E-state index in [2.05, 4.69) is 37.2 Å². The Labute approximate surface area is 717 Å². The summed E-state index contributed by atoms with van der Waals surface area (Å²) in [5, 5.41) is 174. The number of amides is 7. The molecule has 9 aliphatic heterocycles. The third kappa shape index (κ3) is 19.8. The molecule has 1 unspecified atom stereocenters. The van der Waals surface area contributed by atoms with E-state index in [1.807, 2.05) is 0 Å². The number of carboxylic acid groups (broad SMARTS) is 1. The molecule has 0 saturated carbocycles. The molecule has 7 amide bonds. The third-order valence-corrected chi connectivity index (χ3v) is 23.3. The number of carboxylic acids is 1. The van der Waals surface area contributed by atoms with Crippen molar-refractivity contribution in [3.63, 3.8) is 0 Å². The van der Waals surface area contributed by atoms with Crippen LogP contribution in [0.1, 0.15) is 125 Å². The number of hydrogen-bond donors (Lipinski definition) is 24. The number of aliphatic hydroxyl groups is 10. The minimum absolute atomic E-state index is 0.0745. The van der Waals surface area contributed by atoms with Crippen molar-refractivity contribution in [3.05, 3.63) is 118 Å². The summed E-state index contributed by atoms with van der Waals surface area (Å²) in [5.74, 6) is -16.9. The average Bonchev–Trinajstić information content (AvgIpc) is 0.762. The number of halogens is 1. The van der Waals surface area contributed by atoms with E-state index in [4.69, 9.17) is 83.7 Å². The first-order chi connectivity index (χ1) is 58.4. The average molecular weight is 1780 g/mol. The number of nitrogens with two attached hydrogens (primary N) is 3. The fourth-order valence-electron chi connectivity index (χ4n) is 15.9. The predicted octanol–water partition coefficient (Wildman–Crippen LogP) is -2.92. The number of fused-ring (bicyclic) bond motifs is 15. The van der Waals surface area contributed by atoms with Gasteiger partial charge in [0, 0.05) is 53.7 Å². The van der Waals surface area contributed by atoms with Gasteiger partial charge in [-0.1, -0.05) is 49.7 Å². The molecule has 5 aromatic rings. The topological polar surface area (TPSA) is 668 Å². The number of phenolic OH excluding ortho intramolecular Hbond substituents is 3. The van der Waals surface area contributed by atoms with E-state index in [-0.39, 0.29) is 41.3 Å². The van der Waals surface area contributed by atoms with Gasteiger partial charge in [0.05, 0.1) is 49.1 Å². The summed E-state index contributed by atoms with van der Waals surface area (Å²) in [6.45, 7) is 7.48. The molecule has 0 spiro atoms. The molecule has 27 atom stereocenters. The normalized spacial score (nSPS) is 33.6. The first-order valence-electron chi connectivity index (χ1n) is 39.4. The maximum absolute atomic E-state index is 16.5. The lowest BCUT2D eigenvalue weighted by Crippen LogP contribution is -2.65. The lowest BCUT2D eigenvalue weighted by atomic mass is 9.86. The molecule has 0 radical (unpaired) electrons. The summed E-state index contributed by atoms with van der Waals surface area (Å²) < 4.78 is 57.5. The van der Waals surface area contributed by atoms with Crippen LogP contribution >= 0.6 is 23.8 Å². The minimum atomic E-state index is -2.44. The second kappa shape index (κ2) is 37.6. The van der Waals surface area contributed by atoms with Gasteiger partial charge in [0.25, 0.3) is 0 Å². The van der Waals surface area contributed by atoms with E-state index in [1.54, 1.807) is 13.8 Å². The fraction of sp³-hybridized carbons (Fsp3) is 0.512. The van der Waals surface area contributed by atoms with Crippen molar-refractivity contribution in [1.29, 1.82) is 0 Å². The van der Waals surface area contributed by atoms with Gasteiger partial charge in [-0.05, 0) is 129 Å². The summed E-state index contributed by atoms with van der Waals surface area (Å²) in [5.41, 5.74) is 13.3. The Balaban J connectivity index is 1.07. The van der Waals surface area contributed by atoms with E-state index >= 15 is 28.8 Å². The lowest BCUT2D eigenvalue weighted by Gasteiger charge is -2.47. The Bertz CT molecular complexity index is 4860. The molecule has 42 nitrogen and oxygen atoms in total. The molecule has 11 bridgehead atoms. The Hall–Kier alpha value is -10.1. The number of likely N-dealkylation sites (N-methyl/N-ethyl adjacent to an activating group) is 1. The minimum Gasteiger partial charge on any atom is -0.508 e. The van der Waals surface area contributed by atoms with Gasteiger partial charge in [0.15, 0.2) is 47.6 Å². The van der Waals surface area contributed by atoms with Crippen molar-refractivity contribution < 1.29 is 152 Å². The molecular formula is C80H100ClN11O31S. The van der Waals surface area contributed by atoms with Crippen molar-refractivity contribution in [2.24, 2.45) is 23.1 Å². The smallest absolute Gasteiger partial charge is 0.330 e. The summed E-state index contributed by atoms with van der Waals surface area (Å²) in [6, 6.07) is -0.129. The number of carbonyl (C=O) groups excluding carboxylic acids is 7. The Kier molecular flexibility index (Phi) is 28.2. The van der Waals surface area contributed by atoms with Crippen molar-refractivity contribution >= 4 is 76.3 Å². The molecule has 9 aliphatic rings. The van der Waals surface area contributed by atoms with Gasteiger partial charge in [-0.2, -0.15) is 0 Å². The van der Waals surface area contributed by atoms with Crippen molar-refractivity contribution in [2.45, 2.75) is 231 Å². The van der Waals surface area contributed by atoms with Crippen molar-refractivity contribution in [1.82, 2.24) is 42.1 Å². The van der Waals surface area contributed by atoms with Gasteiger partial charge >= 0.3 is 5.97 Å². The number of carbonyl (C=O) groups is 8. The standard InChI is InChI=1S/C80H100ClN11O31S/c1-28(2)16-41(92(7)78(124)91-75-63(104)61(102)59(100)47(26-93)119-75)70(108)89-56-58(99)33-11-15-44(39(81)18-33)118-46-20-34-19-45(65(46)123-77-66(62(103)60(101)48(27-94)120-77)122-51-25-80(6,84)68(106)30(4)116-51)117-36-12-8-31(9-13-36)64(121-50-24-79(5,83)67(105)29(3)115-50)57-74(112)88-55(76(113)114)38-21-35(95)22-43(97)52(38)37-17-32(10-14-42(37)96)53(71(109)90-57)87-72(110)54(34)86-69(107)40(23-49(82)98)85-73(56)111/h8-15,17-22,28-30,40-41,47-48,50-51,53-64,66-68,75,77,93-97,99-106H,16,23-27,83-84H2,1-7H3,(H2,82,98)(H,85,111)(H,86,107)(H,87,110)(H,88,112)(H,89,108)(H,90,109)(H,91,124)(H,113,114)/t29-,30-,40-,41+,47+,48+,50-,51-,53+,54?,55-,56+,57-,58+,59+,60+,61-,62-,63+,64+,66+,67-,68-,75-,77-,79-,80-/m0/s1. The third-order valence-electron chi connectivity index (χ3n) is 22.6. The number of aliphatic hydroxyl groups excluding tert-OH is 10. The number of nitrogens with zero attached hydrogens (tertiary/aromatic N) is 1. The Morgan fingerprint density at radius 2 is 1.22 bits per heavy atom. The van der Waals surface area contributed by atoms with Crippen LogP contribution in [0.15, 0.2) is 84.9 Å². The lowest BCUT2D eigenvalue weighted by molar-refractivity contribution is -0.333. The zero-order valence-electron chi connectivity index (χ0n) is 67.5. The van der Waals surface area contributed by atoms with E-state index in [1.165, 1.54) is 59.0 Å². The van der Waals surface area contributed by atoms with Crippen LogP contribution < -0.4 is 68.6 Å². The van der Waals surface area contributed by atoms with Gasteiger partial charge in [0.2, 0.25) is 53.4 Å². The molecular weight excluding hydrogens is 1680 g/mol. The van der Waals surface area contributed by atoms with Gasteiger partial charge in [-0.25, -0.2) is 4.79 Å². The fourth-order valence-corrected chi connectivity index (χ4v) is 16.3. The maximum Gasteiger partial charge on any atom is 0.330 e. The number of aromatic hydroxyl groups is 3. The summed E-state index contributed by atoms with van der Waals surface area (Å²) in [6.07, 6.45) is -32.1. The predicted molar refractivity (Wildman–Crippen MR) is 429 cm³/mol. The molecule has 44 heteroatoms. The van der Waals surface area contributed by atoms with Crippen molar-refractivity contribution in [2.75, 3.05) is 20.3 Å². The van der Waals surface area contributed by atoms with E-state index in [9.17, 15) is 81.1 Å². The van der Waals surface area contributed by atoms with E-state index in [0.29, 0.717) is 0 Å².